The normalized spacial score (nSPS) is 15.5. The number of hydrogen-bond donors (Lipinski definition) is 0. The van der Waals surface area contributed by atoms with E-state index < -0.39 is 0 Å². The fourth-order valence-corrected chi connectivity index (χ4v) is 4.36. The maximum absolute atomic E-state index is 12.2. The molecule has 0 saturated carbocycles. The fraction of sp³-hybridized carbons (Fsp3) is 0.474. The van der Waals surface area contributed by atoms with Gasteiger partial charge in [0.15, 0.2) is 0 Å². The van der Waals surface area contributed by atoms with Crippen LogP contribution in [0.15, 0.2) is 35.7 Å². The number of aromatic nitrogens is 1. The van der Waals surface area contributed by atoms with Gasteiger partial charge in [-0.25, -0.2) is 4.98 Å². The first kappa shape index (κ1) is 18.4. The van der Waals surface area contributed by atoms with Crippen LogP contribution in [0.1, 0.15) is 19.0 Å². The van der Waals surface area contributed by atoms with Crippen LogP contribution in [0.2, 0.25) is 0 Å². The Hall–Kier alpha value is -1.37. The Morgan fingerprint density at radius 2 is 1.96 bits per heavy atom. The summed E-state index contributed by atoms with van der Waals surface area (Å²) in [5, 5.41) is 3.24. The second kappa shape index (κ2) is 9.36. The number of thioether (sulfide) groups is 1. The predicted octanol–water partition coefficient (Wildman–Crippen LogP) is 3.60. The standard InChI is InChI=1S/C19H25N3OS2/c1-2-24-13-8-18(23)22-11-9-21(10-12-22)14-17-15-25-19(20-17)16-6-4-3-5-7-16/h3-7,15H,2,8-14H2,1H3. The summed E-state index contributed by atoms with van der Waals surface area (Å²) in [4.78, 5) is 21.4. The lowest BCUT2D eigenvalue weighted by atomic mass is 10.2. The lowest BCUT2D eigenvalue weighted by molar-refractivity contribution is -0.132. The molecule has 1 aromatic carbocycles. The molecule has 0 aliphatic carbocycles. The number of hydrogen-bond acceptors (Lipinski definition) is 5. The summed E-state index contributed by atoms with van der Waals surface area (Å²) < 4.78 is 0. The van der Waals surface area contributed by atoms with Crippen molar-refractivity contribution in [3.8, 4) is 10.6 Å². The molecule has 1 fully saturated rings. The Morgan fingerprint density at radius 3 is 2.68 bits per heavy atom. The monoisotopic (exact) mass is 375 g/mol. The molecule has 6 heteroatoms. The highest BCUT2D eigenvalue weighted by Gasteiger charge is 2.21. The summed E-state index contributed by atoms with van der Waals surface area (Å²) in [5.74, 6) is 2.33. The first-order valence-corrected chi connectivity index (χ1v) is 10.9. The zero-order valence-corrected chi connectivity index (χ0v) is 16.3. The molecule has 2 aromatic rings. The van der Waals surface area contributed by atoms with E-state index in [0.717, 1.165) is 54.9 Å². The van der Waals surface area contributed by atoms with Crippen molar-refractivity contribution in [2.45, 2.75) is 19.9 Å². The van der Waals surface area contributed by atoms with Crippen LogP contribution in [-0.2, 0) is 11.3 Å². The van der Waals surface area contributed by atoms with Crippen molar-refractivity contribution in [2.24, 2.45) is 0 Å². The minimum atomic E-state index is 0.306. The number of benzene rings is 1. The van der Waals surface area contributed by atoms with E-state index in [4.69, 9.17) is 4.98 Å². The number of amides is 1. The third-order valence-electron chi connectivity index (χ3n) is 4.35. The van der Waals surface area contributed by atoms with Gasteiger partial charge < -0.3 is 4.90 Å². The number of nitrogens with zero attached hydrogens (tertiary/aromatic N) is 3. The van der Waals surface area contributed by atoms with Crippen LogP contribution in [0.5, 0.6) is 0 Å². The van der Waals surface area contributed by atoms with Crippen LogP contribution in [0.4, 0.5) is 0 Å². The summed E-state index contributed by atoms with van der Waals surface area (Å²) in [6, 6.07) is 10.3. The number of rotatable bonds is 7. The van der Waals surface area contributed by atoms with Gasteiger partial charge in [0.05, 0.1) is 5.69 Å². The molecule has 1 aliphatic rings. The van der Waals surface area contributed by atoms with E-state index in [1.165, 1.54) is 5.56 Å². The fourth-order valence-electron chi connectivity index (χ4n) is 2.94. The molecule has 1 aromatic heterocycles. The van der Waals surface area contributed by atoms with Gasteiger partial charge in [-0.15, -0.1) is 11.3 Å². The summed E-state index contributed by atoms with van der Waals surface area (Å²) in [6.45, 7) is 6.55. The Bertz CT molecular complexity index is 666. The van der Waals surface area contributed by atoms with E-state index in [0.29, 0.717) is 12.3 Å². The minimum Gasteiger partial charge on any atom is -0.340 e. The zero-order chi connectivity index (χ0) is 17.5. The number of piperazine rings is 1. The molecule has 25 heavy (non-hydrogen) atoms. The smallest absolute Gasteiger partial charge is 0.223 e. The van der Waals surface area contributed by atoms with Crippen molar-refractivity contribution in [1.82, 2.24) is 14.8 Å². The highest BCUT2D eigenvalue weighted by atomic mass is 32.2. The lowest BCUT2D eigenvalue weighted by Gasteiger charge is -2.34. The summed E-state index contributed by atoms with van der Waals surface area (Å²) in [6.07, 6.45) is 0.672. The van der Waals surface area contributed by atoms with E-state index in [9.17, 15) is 4.79 Å². The molecule has 134 valence electrons. The first-order chi connectivity index (χ1) is 12.3. The molecule has 1 aliphatic heterocycles. The number of thiazole rings is 1. The minimum absolute atomic E-state index is 0.306. The Balaban J connectivity index is 1.46. The maximum Gasteiger partial charge on any atom is 0.223 e. The van der Waals surface area contributed by atoms with Gasteiger partial charge >= 0.3 is 0 Å². The van der Waals surface area contributed by atoms with Gasteiger partial charge in [0.2, 0.25) is 5.91 Å². The average Bonchev–Trinajstić information content (AvgIpc) is 3.12. The van der Waals surface area contributed by atoms with E-state index in [1.54, 1.807) is 11.3 Å². The highest BCUT2D eigenvalue weighted by Crippen LogP contribution is 2.24. The quantitative estimate of drug-likeness (QED) is 0.693. The van der Waals surface area contributed by atoms with Crippen molar-refractivity contribution < 1.29 is 4.79 Å². The molecule has 3 rings (SSSR count). The third-order valence-corrected chi connectivity index (χ3v) is 6.19. The average molecular weight is 376 g/mol. The largest absolute Gasteiger partial charge is 0.340 e. The van der Waals surface area contributed by atoms with E-state index in [2.05, 4.69) is 29.3 Å². The predicted molar refractivity (Wildman–Crippen MR) is 107 cm³/mol. The Kier molecular flexibility index (Phi) is 6.90. The van der Waals surface area contributed by atoms with Crippen molar-refractivity contribution >= 4 is 29.0 Å². The van der Waals surface area contributed by atoms with Crippen molar-refractivity contribution in [1.29, 1.82) is 0 Å². The molecule has 0 bridgehead atoms. The molecule has 0 spiro atoms. The van der Waals surface area contributed by atoms with Crippen LogP contribution in [0.3, 0.4) is 0 Å². The SMILES string of the molecule is CCSCCC(=O)N1CCN(Cc2csc(-c3ccccc3)n2)CC1. The molecule has 1 amide bonds. The van der Waals surface area contributed by atoms with Crippen LogP contribution in [-0.4, -0.2) is 58.4 Å². The molecule has 0 radical (unpaired) electrons. The van der Waals surface area contributed by atoms with Crippen LogP contribution >= 0.6 is 23.1 Å². The van der Waals surface area contributed by atoms with Gasteiger partial charge in [-0.3, -0.25) is 9.69 Å². The summed E-state index contributed by atoms with van der Waals surface area (Å²) in [5.41, 5.74) is 2.31. The Morgan fingerprint density at radius 1 is 1.20 bits per heavy atom. The van der Waals surface area contributed by atoms with E-state index in [1.807, 2.05) is 34.9 Å². The second-order valence-corrected chi connectivity index (χ2v) is 8.37. The van der Waals surface area contributed by atoms with E-state index >= 15 is 0 Å². The van der Waals surface area contributed by atoms with Crippen molar-refractivity contribution in [2.75, 3.05) is 37.7 Å². The highest BCUT2D eigenvalue weighted by molar-refractivity contribution is 7.99. The molecule has 4 nitrogen and oxygen atoms in total. The molecule has 2 heterocycles. The second-order valence-electron chi connectivity index (χ2n) is 6.11. The summed E-state index contributed by atoms with van der Waals surface area (Å²) >= 11 is 3.54. The molecule has 0 N–H and O–H groups in total. The topological polar surface area (TPSA) is 36.4 Å². The van der Waals surface area contributed by atoms with Gasteiger partial charge in [-0.1, -0.05) is 37.3 Å². The van der Waals surface area contributed by atoms with Crippen LogP contribution in [0.25, 0.3) is 10.6 Å². The van der Waals surface area contributed by atoms with Gasteiger partial charge in [-0.05, 0) is 5.75 Å². The van der Waals surface area contributed by atoms with Gasteiger partial charge in [-0.2, -0.15) is 11.8 Å². The number of carbonyl (C=O) groups is 1. The van der Waals surface area contributed by atoms with Crippen molar-refractivity contribution in [3.05, 3.63) is 41.4 Å². The number of carbonyl (C=O) groups excluding carboxylic acids is 1. The molecular formula is C19H25N3OS2. The molecular weight excluding hydrogens is 350 g/mol. The van der Waals surface area contributed by atoms with Gasteiger partial charge in [0.1, 0.15) is 5.01 Å². The first-order valence-electron chi connectivity index (χ1n) is 8.84. The zero-order valence-electron chi connectivity index (χ0n) is 14.7. The third kappa shape index (κ3) is 5.30. The van der Waals surface area contributed by atoms with E-state index in [-0.39, 0.29) is 0 Å². The van der Waals surface area contributed by atoms with Gasteiger partial charge in [0.25, 0.3) is 0 Å². The Labute approximate surface area is 158 Å². The van der Waals surface area contributed by atoms with Crippen molar-refractivity contribution in [3.63, 3.8) is 0 Å². The molecule has 0 unspecified atom stereocenters. The van der Waals surface area contributed by atoms with Crippen LogP contribution < -0.4 is 0 Å². The summed E-state index contributed by atoms with van der Waals surface area (Å²) in [7, 11) is 0. The maximum atomic E-state index is 12.2. The molecule has 1 saturated heterocycles. The molecule has 0 atom stereocenters. The lowest BCUT2D eigenvalue weighted by Crippen LogP contribution is -2.48. The van der Waals surface area contributed by atoms with Gasteiger partial charge in [0, 0.05) is 55.8 Å². The van der Waals surface area contributed by atoms with Crippen LogP contribution in [0, 0.1) is 0 Å².